The molecule has 112 valence electrons. The van der Waals surface area contributed by atoms with E-state index < -0.39 is 0 Å². The smallest absolute Gasteiger partial charge is 0.0151 e. The average Bonchev–Trinajstić information content (AvgIpc) is 2.50. The van der Waals surface area contributed by atoms with E-state index in [1.807, 2.05) is 0 Å². The van der Waals surface area contributed by atoms with E-state index in [0.29, 0.717) is 11.8 Å². The van der Waals surface area contributed by atoms with Crippen LogP contribution >= 0.6 is 0 Å². The minimum atomic E-state index is 0.156. The fraction of sp³-hybridized carbons (Fsp3) is 0.400. The average molecular weight is 281 g/mol. The number of nitrogens with two attached hydrogens (primary N) is 1. The maximum atomic E-state index is 6.63. The van der Waals surface area contributed by atoms with Crippen LogP contribution in [0.15, 0.2) is 54.6 Å². The van der Waals surface area contributed by atoms with Crippen LogP contribution in [0, 0.1) is 12.8 Å². The van der Waals surface area contributed by atoms with Gasteiger partial charge >= 0.3 is 0 Å². The minimum Gasteiger partial charge on any atom is -0.327 e. The third-order valence-electron chi connectivity index (χ3n) is 4.62. The maximum Gasteiger partial charge on any atom is 0.0151 e. The van der Waals surface area contributed by atoms with Crippen molar-refractivity contribution < 1.29 is 0 Å². The van der Waals surface area contributed by atoms with Gasteiger partial charge in [0.2, 0.25) is 0 Å². The molecule has 2 rings (SSSR count). The first kappa shape index (κ1) is 15.8. The van der Waals surface area contributed by atoms with E-state index in [0.717, 1.165) is 12.8 Å². The van der Waals surface area contributed by atoms with Crippen LogP contribution in [0.1, 0.15) is 42.9 Å². The lowest BCUT2D eigenvalue weighted by Gasteiger charge is -2.30. The summed E-state index contributed by atoms with van der Waals surface area (Å²) < 4.78 is 0. The van der Waals surface area contributed by atoms with Crippen LogP contribution in [0.3, 0.4) is 0 Å². The molecule has 0 heterocycles. The summed E-state index contributed by atoms with van der Waals surface area (Å²) in [6.07, 6.45) is 2.09. The number of hydrogen-bond donors (Lipinski definition) is 1. The van der Waals surface area contributed by atoms with Crippen LogP contribution < -0.4 is 5.73 Å². The van der Waals surface area contributed by atoms with E-state index in [2.05, 4.69) is 75.4 Å². The van der Waals surface area contributed by atoms with Gasteiger partial charge in [-0.15, -0.1) is 0 Å². The summed E-state index contributed by atoms with van der Waals surface area (Å²) in [5, 5.41) is 0. The van der Waals surface area contributed by atoms with Gasteiger partial charge in [0, 0.05) is 12.0 Å². The van der Waals surface area contributed by atoms with Gasteiger partial charge in [-0.1, -0.05) is 74.9 Å². The summed E-state index contributed by atoms with van der Waals surface area (Å²) in [4.78, 5) is 0. The lowest BCUT2D eigenvalue weighted by molar-refractivity contribution is 0.379. The number of aryl methyl sites for hydroxylation is 1. The van der Waals surface area contributed by atoms with E-state index in [9.17, 15) is 0 Å². The third-order valence-corrected chi connectivity index (χ3v) is 4.62. The molecule has 2 N–H and O–H groups in total. The summed E-state index contributed by atoms with van der Waals surface area (Å²) >= 11 is 0. The highest BCUT2D eigenvalue weighted by molar-refractivity contribution is 5.28. The molecule has 0 saturated carbocycles. The van der Waals surface area contributed by atoms with E-state index in [1.54, 1.807) is 0 Å². The Bertz CT molecular complexity index is 547. The highest BCUT2D eigenvalue weighted by atomic mass is 14.7. The summed E-state index contributed by atoms with van der Waals surface area (Å²) in [6, 6.07) is 19.5. The van der Waals surface area contributed by atoms with Crippen molar-refractivity contribution in [2.24, 2.45) is 11.7 Å². The van der Waals surface area contributed by atoms with Crippen molar-refractivity contribution in [1.82, 2.24) is 0 Å². The topological polar surface area (TPSA) is 26.0 Å². The van der Waals surface area contributed by atoms with Gasteiger partial charge in [0.25, 0.3) is 0 Å². The Balaban J connectivity index is 2.23. The van der Waals surface area contributed by atoms with Gasteiger partial charge in [-0.05, 0) is 36.0 Å². The van der Waals surface area contributed by atoms with Crippen LogP contribution in [0.2, 0.25) is 0 Å². The zero-order chi connectivity index (χ0) is 15.2. The van der Waals surface area contributed by atoms with Gasteiger partial charge < -0.3 is 5.73 Å². The van der Waals surface area contributed by atoms with Crippen LogP contribution in [0.25, 0.3) is 0 Å². The number of benzene rings is 2. The predicted molar refractivity (Wildman–Crippen MR) is 91.5 cm³/mol. The van der Waals surface area contributed by atoms with Gasteiger partial charge in [-0.2, -0.15) is 0 Å². The molecule has 0 bridgehead atoms. The first-order valence-corrected chi connectivity index (χ1v) is 7.98. The molecule has 0 radical (unpaired) electrons. The number of hydrogen-bond acceptors (Lipinski definition) is 1. The highest BCUT2D eigenvalue weighted by Gasteiger charge is 2.25. The molecule has 2 aromatic carbocycles. The SMILES string of the molecule is CCC(C)C(c1ccccc1)C(N)Cc1ccccc1C. The second kappa shape index (κ2) is 7.42. The van der Waals surface area contributed by atoms with E-state index in [4.69, 9.17) is 5.73 Å². The van der Waals surface area contributed by atoms with Gasteiger partial charge in [0.1, 0.15) is 0 Å². The summed E-state index contributed by atoms with van der Waals surface area (Å²) in [7, 11) is 0. The van der Waals surface area contributed by atoms with Crippen molar-refractivity contribution in [1.29, 1.82) is 0 Å². The van der Waals surface area contributed by atoms with Gasteiger partial charge in [0.15, 0.2) is 0 Å². The van der Waals surface area contributed by atoms with Crippen molar-refractivity contribution in [3.05, 3.63) is 71.3 Å². The monoisotopic (exact) mass is 281 g/mol. The molecule has 21 heavy (non-hydrogen) atoms. The molecule has 3 atom stereocenters. The Morgan fingerprint density at radius 3 is 2.19 bits per heavy atom. The molecule has 0 aromatic heterocycles. The first-order chi connectivity index (χ1) is 10.1. The summed E-state index contributed by atoms with van der Waals surface area (Å²) in [5.74, 6) is 1.00. The zero-order valence-electron chi connectivity index (χ0n) is 13.4. The molecule has 0 fully saturated rings. The molecule has 0 aliphatic heterocycles. The number of rotatable bonds is 6. The molecule has 0 saturated heterocycles. The van der Waals surface area contributed by atoms with Crippen LogP contribution in [-0.2, 0) is 6.42 Å². The van der Waals surface area contributed by atoms with E-state index in [1.165, 1.54) is 16.7 Å². The van der Waals surface area contributed by atoms with Crippen molar-refractivity contribution in [3.8, 4) is 0 Å². The Kier molecular flexibility index (Phi) is 5.58. The fourth-order valence-corrected chi connectivity index (χ4v) is 3.15. The first-order valence-electron chi connectivity index (χ1n) is 7.98. The molecule has 1 heteroatoms. The Labute approximate surface area is 129 Å². The molecule has 3 unspecified atom stereocenters. The predicted octanol–water partition coefficient (Wildman–Crippen LogP) is 4.69. The highest BCUT2D eigenvalue weighted by Crippen LogP contribution is 2.31. The molecular formula is C20H27N. The molecule has 0 aliphatic rings. The third kappa shape index (κ3) is 3.95. The lowest BCUT2D eigenvalue weighted by atomic mass is 9.78. The fourth-order valence-electron chi connectivity index (χ4n) is 3.15. The zero-order valence-corrected chi connectivity index (χ0v) is 13.4. The summed E-state index contributed by atoms with van der Waals surface area (Å²) in [6.45, 7) is 6.74. The van der Waals surface area contributed by atoms with Crippen LogP contribution in [-0.4, -0.2) is 6.04 Å². The van der Waals surface area contributed by atoms with Crippen molar-refractivity contribution in [2.75, 3.05) is 0 Å². The Hall–Kier alpha value is -1.60. The molecule has 0 aliphatic carbocycles. The Morgan fingerprint density at radius 1 is 0.952 bits per heavy atom. The molecule has 0 spiro atoms. The van der Waals surface area contributed by atoms with Crippen LogP contribution in [0.5, 0.6) is 0 Å². The van der Waals surface area contributed by atoms with Gasteiger partial charge in [-0.25, -0.2) is 0 Å². The summed E-state index contributed by atoms with van der Waals surface area (Å²) in [5.41, 5.74) is 10.7. The van der Waals surface area contributed by atoms with Crippen molar-refractivity contribution >= 4 is 0 Å². The Morgan fingerprint density at radius 2 is 1.57 bits per heavy atom. The van der Waals surface area contributed by atoms with Gasteiger partial charge in [0.05, 0.1) is 0 Å². The van der Waals surface area contributed by atoms with Crippen molar-refractivity contribution in [2.45, 2.75) is 45.6 Å². The standard InChI is InChI=1S/C20H27N/c1-4-15(2)20(17-11-6-5-7-12-17)19(21)14-18-13-9-8-10-16(18)3/h5-13,15,19-20H,4,14,21H2,1-3H3. The quantitative estimate of drug-likeness (QED) is 0.816. The van der Waals surface area contributed by atoms with Crippen molar-refractivity contribution in [3.63, 3.8) is 0 Å². The largest absolute Gasteiger partial charge is 0.327 e. The van der Waals surface area contributed by atoms with E-state index in [-0.39, 0.29) is 6.04 Å². The maximum absolute atomic E-state index is 6.63. The van der Waals surface area contributed by atoms with E-state index >= 15 is 0 Å². The minimum absolute atomic E-state index is 0.156. The molecule has 1 nitrogen and oxygen atoms in total. The molecule has 2 aromatic rings. The molecule has 0 amide bonds. The lowest BCUT2D eigenvalue weighted by Crippen LogP contribution is -2.34. The molecular weight excluding hydrogens is 254 g/mol. The van der Waals surface area contributed by atoms with Crippen LogP contribution in [0.4, 0.5) is 0 Å². The van der Waals surface area contributed by atoms with Gasteiger partial charge in [-0.3, -0.25) is 0 Å². The normalized spacial score (nSPS) is 15.4. The second-order valence-corrected chi connectivity index (χ2v) is 6.12. The second-order valence-electron chi connectivity index (χ2n) is 6.12.